The fourth-order valence-corrected chi connectivity index (χ4v) is 3.72. The summed E-state index contributed by atoms with van der Waals surface area (Å²) in [6.45, 7) is 1.50. The van der Waals surface area contributed by atoms with Crippen LogP contribution in [-0.4, -0.2) is 39.8 Å². The third-order valence-corrected chi connectivity index (χ3v) is 5.40. The zero-order valence-electron chi connectivity index (χ0n) is 15.2. The van der Waals surface area contributed by atoms with E-state index in [1.807, 2.05) is 28.9 Å². The Balaban J connectivity index is 1.41. The van der Waals surface area contributed by atoms with Gasteiger partial charge < -0.3 is 20.4 Å². The van der Waals surface area contributed by atoms with Crippen LogP contribution in [0.1, 0.15) is 41.2 Å². The van der Waals surface area contributed by atoms with Crippen molar-refractivity contribution in [3.05, 3.63) is 35.9 Å². The Morgan fingerprint density at radius 3 is 2.93 bits per heavy atom. The number of carbonyl (C=O) groups excluding carboxylic acids is 1. The fraction of sp³-hybridized carbons (Fsp3) is 0.421. The van der Waals surface area contributed by atoms with Gasteiger partial charge in [0.1, 0.15) is 6.26 Å². The molecule has 3 heterocycles. The van der Waals surface area contributed by atoms with E-state index in [2.05, 4.69) is 21.5 Å². The Morgan fingerprint density at radius 1 is 1.33 bits per heavy atom. The second-order valence-corrected chi connectivity index (χ2v) is 7.50. The lowest BCUT2D eigenvalue weighted by atomic mass is 10.1. The molecule has 0 radical (unpaired) electrons. The second-order valence-electron chi connectivity index (χ2n) is 7.50. The lowest BCUT2D eigenvalue weighted by Crippen LogP contribution is -2.26. The minimum atomic E-state index is -0.265. The molecule has 27 heavy (non-hydrogen) atoms. The number of anilines is 2. The lowest BCUT2D eigenvalue weighted by molar-refractivity contribution is 0.102. The highest BCUT2D eigenvalue weighted by molar-refractivity contribution is 6.04. The predicted molar refractivity (Wildman–Crippen MR) is 102 cm³/mol. The van der Waals surface area contributed by atoms with Gasteiger partial charge in [-0.05, 0) is 42.9 Å². The maximum absolute atomic E-state index is 12.7. The van der Waals surface area contributed by atoms with Gasteiger partial charge >= 0.3 is 0 Å². The van der Waals surface area contributed by atoms with E-state index in [1.165, 1.54) is 6.26 Å². The van der Waals surface area contributed by atoms with E-state index in [-0.39, 0.29) is 17.6 Å². The summed E-state index contributed by atoms with van der Waals surface area (Å²) >= 11 is 0. The van der Waals surface area contributed by atoms with Crippen LogP contribution >= 0.6 is 0 Å². The van der Waals surface area contributed by atoms with Crippen molar-refractivity contribution in [2.45, 2.75) is 31.2 Å². The summed E-state index contributed by atoms with van der Waals surface area (Å²) in [5.74, 6) is 0.234. The maximum atomic E-state index is 12.7. The van der Waals surface area contributed by atoms with Gasteiger partial charge in [-0.1, -0.05) is 0 Å². The first-order valence-electron chi connectivity index (χ1n) is 9.31. The highest BCUT2D eigenvalue weighted by Crippen LogP contribution is 2.44. The van der Waals surface area contributed by atoms with E-state index in [4.69, 9.17) is 10.2 Å². The number of nitrogens with one attached hydrogen (secondary N) is 1. The van der Waals surface area contributed by atoms with Crippen LogP contribution in [0.2, 0.25) is 0 Å². The van der Waals surface area contributed by atoms with Crippen molar-refractivity contribution in [3.63, 3.8) is 0 Å². The summed E-state index contributed by atoms with van der Waals surface area (Å²) in [6, 6.07) is 4.71. The number of nitrogens with two attached hydrogens (primary N) is 1. The molecule has 1 aliphatic heterocycles. The number of rotatable bonds is 4. The van der Waals surface area contributed by atoms with Crippen molar-refractivity contribution in [3.8, 4) is 0 Å². The highest BCUT2D eigenvalue weighted by Gasteiger charge is 2.28. The van der Waals surface area contributed by atoms with E-state index in [9.17, 15) is 4.79 Å². The van der Waals surface area contributed by atoms with Crippen molar-refractivity contribution in [2.75, 3.05) is 23.3 Å². The standard InChI is InChI=1S/C19H22N6O2/c1-24-17-7-14(11-2-3-11)15(6-12(17)8-21-24)22-18(26)16-10-27-19(23-16)25-5-4-13(20)9-25/h6-8,10-11,13H,2-5,9,20H2,1H3,(H,22,26)/t13-/m0/s1. The Labute approximate surface area is 156 Å². The zero-order valence-corrected chi connectivity index (χ0v) is 15.2. The van der Waals surface area contributed by atoms with E-state index in [1.54, 1.807) is 0 Å². The van der Waals surface area contributed by atoms with Gasteiger partial charge in [-0.25, -0.2) is 0 Å². The number of benzene rings is 1. The van der Waals surface area contributed by atoms with Crippen LogP contribution in [0.25, 0.3) is 10.9 Å². The van der Waals surface area contributed by atoms with Crippen LogP contribution in [-0.2, 0) is 7.05 Å². The maximum Gasteiger partial charge on any atom is 0.298 e. The minimum Gasteiger partial charge on any atom is -0.431 e. The molecular formula is C19H22N6O2. The average molecular weight is 366 g/mol. The summed E-state index contributed by atoms with van der Waals surface area (Å²) in [6.07, 6.45) is 6.42. The molecule has 3 aromatic rings. The van der Waals surface area contributed by atoms with Gasteiger partial charge in [0.05, 0.1) is 11.7 Å². The third-order valence-electron chi connectivity index (χ3n) is 5.40. The minimum absolute atomic E-state index is 0.126. The molecule has 0 unspecified atom stereocenters. The van der Waals surface area contributed by atoms with Gasteiger partial charge in [0, 0.05) is 37.3 Å². The van der Waals surface area contributed by atoms with Gasteiger partial charge in [0.2, 0.25) is 0 Å². The molecule has 1 saturated heterocycles. The smallest absolute Gasteiger partial charge is 0.298 e. The number of fused-ring (bicyclic) bond motifs is 1. The first kappa shape index (κ1) is 16.3. The normalized spacial score (nSPS) is 19.8. The average Bonchev–Trinajstić information content (AvgIpc) is 3.04. The highest BCUT2D eigenvalue weighted by atomic mass is 16.4. The molecule has 1 saturated carbocycles. The lowest BCUT2D eigenvalue weighted by Gasteiger charge is -2.12. The Kier molecular flexibility index (Phi) is 3.68. The predicted octanol–water partition coefficient (Wildman–Crippen LogP) is 2.23. The van der Waals surface area contributed by atoms with Gasteiger partial charge in [-0.2, -0.15) is 10.1 Å². The molecule has 8 nitrogen and oxygen atoms in total. The third kappa shape index (κ3) is 2.95. The van der Waals surface area contributed by atoms with Crippen molar-refractivity contribution < 1.29 is 9.21 Å². The van der Waals surface area contributed by atoms with Crippen LogP contribution in [0.4, 0.5) is 11.7 Å². The monoisotopic (exact) mass is 366 g/mol. The molecule has 1 aromatic carbocycles. The molecule has 0 spiro atoms. The van der Waals surface area contributed by atoms with E-state index < -0.39 is 0 Å². The number of hydrogen-bond donors (Lipinski definition) is 2. The molecule has 1 atom stereocenters. The Morgan fingerprint density at radius 2 is 2.19 bits per heavy atom. The number of aromatic nitrogens is 3. The largest absolute Gasteiger partial charge is 0.431 e. The fourth-order valence-electron chi connectivity index (χ4n) is 3.72. The first-order chi connectivity index (χ1) is 13.1. The molecule has 140 valence electrons. The van der Waals surface area contributed by atoms with Crippen LogP contribution in [0, 0.1) is 0 Å². The van der Waals surface area contributed by atoms with E-state index in [0.29, 0.717) is 18.5 Å². The van der Waals surface area contributed by atoms with E-state index >= 15 is 0 Å². The molecule has 2 aliphatic rings. The van der Waals surface area contributed by atoms with Gasteiger partial charge in [0.25, 0.3) is 11.9 Å². The van der Waals surface area contributed by atoms with Crippen LogP contribution in [0.5, 0.6) is 0 Å². The Hall–Kier alpha value is -2.87. The molecule has 8 heteroatoms. The second kappa shape index (κ2) is 6.09. The van der Waals surface area contributed by atoms with Crippen molar-refractivity contribution in [2.24, 2.45) is 12.8 Å². The van der Waals surface area contributed by atoms with Crippen LogP contribution in [0.15, 0.2) is 29.0 Å². The topological polar surface area (TPSA) is 102 Å². The number of carbonyl (C=O) groups is 1. The number of hydrogen-bond acceptors (Lipinski definition) is 6. The van der Waals surface area contributed by atoms with Crippen LogP contribution < -0.4 is 16.0 Å². The van der Waals surface area contributed by atoms with Gasteiger partial charge in [0.15, 0.2) is 5.69 Å². The van der Waals surface area contributed by atoms with Crippen LogP contribution in [0.3, 0.4) is 0 Å². The molecule has 2 fully saturated rings. The van der Waals surface area contributed by atoms with Gasteiger partial charge in [-0.15, -0.1) is 0 Å². The Bertz CT molecular complexity index is 1020. The number of amides is 1. The van der Waals surface area contributed by atoms with Gasteiger partial charge in [-0.3, -0.25) is 9.48 Å². The SMILES string of the molecule is Cn1ncc2cc(NC(=O)c3coc(N4CC[C@H](N)C4)n3)c(C3CC3)cc21. The molecule has 5 rings (SSSR count). The molecule has 2 aromatic heterocycles. The molecule has 3 N–H and O–H groups in total. The van der Waals surface area contributed by atoms with Crippen molar-refractivity contribution >= 4 is 28.5 Å². The molecule has 0 bridgehead atoms. The van der Waals surface area contributed by atoms with E-state index in [0.717, 1.165) is 48.0 Å². The summed E-state index contributed by atoms with van der Waals surface area (Å²) in [4.78, 5) is 19.1. The quantitative estimate of drug-likeness (QED) is 0.734. The zero-order chi connectivity index (χ0) is 18.5. The first-order valence-corrected chi connectivity index (χ1v) is 9.31. The van der Waals surface area contributed by atoms with Crippen molar-refractivity contribution in [1.29, 1.82) is 0 Å². The number of nitrogens with zero attached hydrogens (tertiary/aromatic N) is 4. The summed E-state index contributed by atoms with van der Waals surface area (Å²) < 4.78 is 7.36. The summed E-state index contributed by atoms with van der Waals surface area (Å²) in [7, 11) is 1.93. The molecular weight excluding hydrogens is 344 g/mol. The number of oxazole rings is 1. The molecule has 1 amide bonds. The number of aryl methyl sites for hydroxylation is 1. The summed E-state index contributed by atoms with van der Waals surface area (Å²) in [5.41, 5.74) is 9.27. The molecule has 1 aliphatic carbocycles. The summed E-state index contributed by atoms with van der Waals surface area (Å²) in [5, 5.41) is 8.33. The van der Waals surface area contributed by atoms with Crippen molar-refractivity contribution in [1.82, 2.24) is 14.8 Å².